The van der Waals surface area contributed by atoms with Crippen LogP contribution in [-0.4, -0.2) is 35.7 Å². The SMILES string of the molecule is N#C/C=C/CN1CCC[C@H]1CO. The summed E-state index contributed by atoms with van der Waals surface area (Å²) in [6, 6.07) is 2.27. The van der Waals surface area contributed by atoms with E-state index in [2.05, 4.69) is 4.90 Å². The van der Waals surface area contributed by atoms with Gasteiger partial charge < -0.3 is 5.11 Å². The predicted molar refractivity (Wildman–Crippen MR) is 46.4 cm³/mol. The number of nitrogens with zero attached hydrogens (tertiary/aromatic N) is 2. The Balaban J connectivity index is 2.31. The van der Waals surface area contributed by atoms with Crippen LogP contribution in [0.25, 0.3) is 0 Å². The highest BCUT2D eigenvalue weighted by atomic mass is 16.3. The third-order valence-corrected chi connectivity index (χ3v) is 2.24. The number of aliphatic hydroxyl groups is 1. The molecule has 0 unspecified atom stereocenters. The van der Waals surface area contributed by atoms with Crippen molar-refractivity contribution in [1.82, 2.24) is 4.90 Å². The quantitative estimate of drug-likeness (QED) is 0.622. The largest absolute Gasteiger partial charge is 0.395 e. The van der Waals surface area contributed by atoms with Crippen LogP contribution in [0, 0.1) is 11.3 Å². The Morgan fingerprint density at radius 3 is 3.17 bits per heavy atom. The molecule has 0 aromatic rings. The Morgan fingerprint density at radius 1 is 1.67 bits per heavy atom. The van der Waals surface area contributed by atoms with Gasteiger partial charge in [0.15, 0.2) is 0 Å². The number of rotatable bonds is 3. The summed E-state index contributed by atoms with van der Waals surface area (Å²) in [6.07, 6.45) is 5.57. The lowest BCUT2D eigenvalue weighted by atomic mass is 10.2. The van der Waals surface area contributed by atoms with Crippen molar-refractivity contribution < 1.29 is 5.11 Å². The second-order valence-electron chi connectivity index (χ2n) is 3.01. The zero-order valence-corrected chi connectivity index (χ0v) is 7.11. The zero-order valence-electron chi connectivity index (χ0n) is 7.11. The molecule has 1 N–H and O–H groups in total. The fraction of sp³-hybridized carbons (Fsp3) is 0.667. The van der Waals surface area contributed by atoms with Crippen LogP contribution in [0.15, 0.2) is 12.2 Å². The zero-order chi connectivity index (χ0) is 8.81. The molecule has 0 amide bonds. The van der Waals surface area contributed by atoms with Crippen LogP contribution >= 0.6 is 0 Å². The maximum absolute atomic E-state index is 8.96. The molecule has 1 aliphatic rings. The minimum atomic E-state index is 0.237. The van der Waals surface area contributed by atoms with E-state index in [4.69, 9.17) is 10.4 Å². The highest BCUT2D eigenvalue weighted by molar-refractivity contribution is 5.03. The highest BCUT2D eigenvalue weighted by Gasteiger charge is 2.21. The minimum absolute atomic E-state index is 0.237. The van der Waals surface area contributed by atoms with E-state index in [0.29, 0.717) is 6.04 Å². The van der Waals surface area contributed by atoms with Crippen LogP contribution in [0.2, 0.25) is 0 Å². The van der Waals surface area contributed by atoms with Gasteiger partial charge in [-0.05, 0) is 19.4 Å². The lowest BCUT2D eigenvalue weighted by Gasteiger charge is -2.20. The lowest BCUT2D eigenvalue weighted by molar-refractivity contribution is 0.170. The third-order valence-electron chi connectivity index (χ3n) is 2.24. The molecule has 1 atom stereocenters. The smallest absolute Gasteiger partial charge is 0.0909 e. The molecule has 66 valence electrons. The van der Waals surface area contributed by atoms with Gasteiger partial charge in [0.2, 0.25) is 0 Å². The summed E-state index contributed by atoms with van der Waals surface area (Å²) in [5.41, 5.74) is 0. The summed E-state index contributed by atoms with van der Waals surface area (Å²) in [7, 11) is 0. The van der Waals surface area contributed by atoms with E-state index in [1.54, 1.807) is 0 Å². The monoisotopic (exact) mass is 166 g/mol. The number of allylic oxidation sites excluding steroid dienone is 1. The first kappa shape index (κ1) is 9.24. The van der Waals surface area contributed by atoms with Crippen LogP contribution in [-0.2, 0) is 0 Å². The van der Waals surface area contributed by atoms with Crippen molar-refractivity contribution in [1.29, 1.82) is 5.26 Å². The van der Waals surface area contributed by atoms with E-state index in [1.807, 2.05) is 12.1 Å². The summed E-state index contributed by atoms with van der Waals surface area (Å²) in [5, 5.41) is 17.2. The molecular formula is C9H14N2O. The van der Waals surface area contributed by atoms with Crippen molar-refractivity contribution in [3.8, 4) is 6.07 Å². The number of nitriles is 1. The molecule has 1 rings (SSSR count). The van der Waals surface area contributed by atoms with Crippen LogP contribution in [0.5, 0.6) is 0 Å². The van der Waals surface area contributed by atoms with Gasteiger partial charge in [-0.3, -0.25) is 4.90 Å². The fourth-order valence-electron chi connectivity index (χ4n) is 1.58. The van der Waals surface area contributed by atoms with Crippen molar-refractivity contribution >= 4 is 0 Å². The number of hydrogen-bond acceptors (Lipinski definition) is 3. The molecule has 3 nitrogen and oxygen atoms in total. The van der Waals surface area contributed by atoms with Crippen molar-refractivity contribution in [2.45, 2.75) is 18.9 Å². The second-order valence-corrected chi connectivity index (χ2v) is 3.01. The standard InChI is InChI=1S/C9H14N2O/c10-5-1-2-6-11-7-3-4-9(11)8-12/h1-2,9,12H,3-4,6-8H2/b2-1+/t9-/m0/s1. The van der Waals surface area contributed by atoms with E-state index in [0.717, 1.165) is 25.9 Å². The van der Waals surface area contributed by atoms with Crippen LogP contribution < -0.4 is 0 Å². The highest BCUT2D eigenvalue weighted by Crippen LogP contribution is 2.15. The molecule has 3 heteroatoms. The van der Waals surface area contributed by atoms with Gasteiger partial charge in [0.25, 0.3) is 0 Å². The van der Waals surface area contributed by atoms with Crippen molar-refractivity contribution in [2.24, 2.45) is 0 Å². The Bertz CT molecular complexity index is 195. The van der Waals surface area contributed by atoms with Gasteiger partial charge in [0, 0.05) is 18.7 Å². The first-order valence-corrected chi connectivity index (χ1v) is 4.28. The Hall–Kier alpha value is -0.850. The van der Waals surface area contributed by atoms with E-state index < -0.39 is 0 Å². The van der Waals surface area contributed by atoms with Crippen LogP contribution in [0.1, 0.15) is 12.8 Å². The van der Waals surface area contributed by atoms with E-state index in [9.17, 15) is 0 Å². The number of hydrogen-bond donors (Lipinski definition) is 1. The number of likely N-dealkylation sites (tertiary alicyclic amines) is 1. The van der Waals surface area contributed by atoms with E-state index in [-0.39, 0.29) is 6.61 Å². The van der Waals surface area contributed by atoms with Gasteiger partial charge in [-0.1, -0.05) is 6.08 Å². The lowest BCUT2D eigenvalue weighted by Crippen LogP contribution is -2.32. The van der Waals surface area contributed by atoms with Crippen molar-refractivity contribution in [2.75, 3.05) is 19.7 Å². The summed E-state index contributed by atoms with van der Waals surface area (Å²) < 4.78 is 0. The van der Waals surface area contributed by atoms with Gasteiger partial charge in [-0.25, -0.2) is 0 Å². The molecule has 0 radical (unpaired) electrons. The molecule has 1 saturated heterocycles. The molecule has 0 aromatic carbocycles. The normalized spacial score (nSPS) is 24.8. The van der Waals surface area contributed by atoms with Crippen LogP contribution in [0.3, 0.4) is 0 Å². The van der Waals surface area contributed by atoms with Gasteiger partial charge in [-0.2, -0.15) is 5.26 Å². The van der Waals surface area contributed by atoms with E-state index >= 15 is 0 Å². The fourth-order valence-corrected chi connectivity index (χ4v) is 1.58. The number of aliphatic hydroxyl groups excluding tert-OH is 1. The summed E-state index contributed by atoms with van der Waals surface area (Å²) in [6.45, 7) is 2.07. The van der Waals surface area contributed by atoms with Crippen molar-refractivity contribution in [3.05, 3.63) is 12.2 Å². The summed E-state index contributed by atoms with van der Waals surface area (Å²) in [4.78, 5) is 2.20. The van der Waals surface area contributed by atoms with E-state index in [1.165, 1.54) is 6.08 Å². The topological polar surface area (TPSA) is 47.3 Å². The van der Waals surface area contributed by atoms with Gasteiger partial charge >= 0.3 is 0 Å². The van der Waals surface area contributed by atoms with Crippen LogP contribution in [0.4, 0.5) is 0 Å². The summed E-state index contributed by atoms with van der Waals surface area (Å²) >= 11 is 0. The maximum atomic E-state index is 8.96. The minimum Gasteiger partial charge on any atom is -0.395 e. The first-order chi connectivity index (χ1) is 5.88. The molecule has 0 saturated carbocycles. The Kier molecular flexibility index (Phi) is 3.78. The molecule has 1 fully saturated rings. The molecule has 0 bridgehead atoms. The average molecular weight is 166 g/mol. The molecular weight excluding hydrogens is 152 g/mol. The maximum Gasteiger partial charge on any atom is 0.0909 e. The predicted octanol–water partition coefficient (Wildman–Crippen LogP) is 0.523. The third kappa shape index (κ3) is 2.33. The molecule has 0 aliphatic carbocycles. The average Bonchev–Trinajstić information content (AvgIpc) is 2.52. The Labute approximate surface area is 72.9 Å². The molecule has 0 spiro atoms. The molecule has 0 aromatic heterocycles. The van der Waals surface area contributed by atoms with Gasteiger partial charge in [0.05, 0.1) is 12.7 Å². The molecule has 12 heavy (non-hydrogen) atoms. The Morgan fingerprint density at radius 2 is 2.50 bits per heavy atom. The summed E-state index contributed by atoms with van der Waals surface area (Å²) in [5.74, 6) is 0. The van der Waals surface area contributed by atoms with Gasteiger partial charge in [-0.15, -0.1) is 0 Å². The molecule has 1 aliphatic heterocycles. The second kappa shape index (κ2) is 4.91. The van der Waals surface area contributed by atoms with Crippen molar-refractivity contribution in [3.63, 3.8) is 0 Å². The first-order valence-electron chi connectivity index (χ1n) is 4.28. The van der Waals surface area contributed by atoms with Gasteiger partial charge in [0.1, 0.15) is 0 Å². The molecule has 1 heterocycles.